The van der Waals surface area contributed by atoms with Gasteiger partial charge in [0.25, 0.3) is 0 Å². The highest BCUT2D eigenvalue weighted by Crippen LogP contribution is 2.26. The summed E-state index contributed by atoms with van der Waals surface area (Å²) >= 11 is 1.47. The molecule has 1 aromatic carbocycles. The number of aliphatic carboxylic acids is 1. The standard InChI is InChI=1S/C18H21NO4S/c1-3-12(18(21)22)9-15(20)10-14-11-24-17(19-14)13-5-7-16(8-6-13)23-4-2/h5-8,11-12H,3-4,9-10H2,1-2H3,(H,21,22). The van der Waals surface area contributed by atoms with Crippen molar-refractivity contribution in [2.24, 2.45) is 5.92 Å². The highest BCUT2D eigenvalue weighted by Gasteiger charge is 2.20. The second-order valence-corrected chi connectivity index (χ2v) is 6.32. The number of Topliss-reactive ketones (excluding diaryl/α,β-unsaturated/α-hetero) is 1. The van der Waals surface area contributed by atoms with E-state index in [1.165, 1.54) is 11.3 Å². The number of benzene rings is 1. The number of carbonyl (C=O) groups excluding carboxylic acids is 1. The van der Waals surface area contributed by atoms with Gasteiger partial charge in [-0.25, -0.2) is 4.98 Å². The summed E-state index contributed by atoms with van der Waals surface area (Å²) in [5, 5.41) is 11.7. The van der Waals surface area contributed by atoms with Crippen molar-refractivity contribution in [3.63, 3.8) is 0 Å². The number of carboxylic acids is 1. The molecular formula is C18H21NO4S. The van der Waals surface area contributed by atoms with Gasteiger partial charge >= 0.3 is 5.97 Å². The predicted octanol–water partition coefficient (Wildman–Crippen LogP) is 3.82. The van der Waals surface area contributed by atoms with Gasteiger partial charge in [-0.1, -0.05) is 6.92 Å². The maximum atomic E-state index is 12.0. The molecule has 1 N–H and O–H groups in total. The topological polar surface area (TPSA) is 76.5 Å². The number of nitrogens with zero attached hydrogens (tertiary/aromatic N) is 1. The number of carboxylic acid groups (broad SMARTS) is 1. The number of thiazole rings is 1. The summed E-state index contributed by atoms with van der Waals surface area (Å²) in [6, 6.07) is 7.66. The van der Waals surface area contributed by atoms with Crippen LogP contribution in [0.15, 0.2) is 29.6 Å². The monoisotopic (exact) mass is 347 g/mol. The molecule has 0 saturated heterocycles. The lowest BCUT2D eigenvalue weighted by Crippen LogP contribution is -2.18. The molecule has 128 valence electrons. The first-order chi connectivity index (χ1) is 11.5. The molecular weight excluding hydrogens is 326 g/mol. The third-order valence-corrected chi connectivity index (χ3v) is 4.60. The molecule has 5 nitrogen and oxygen atoms in total. The molecule has 1 unspecified atom stereocenters. The van der Waals surface area contributed by atoms with Gasteiger partial charge < -0.3 is 9.84 Å². The summed E-state index contributed by atoms with van der Waals surface area (Å²) in [6.45, 7) is 4.34. The Balaban J connectivity index is 1.99. The summed E-state index contributed by atoms with van der Waals surface area (Å²) in [4.78, 5) is 27.5. The molecule has 2 aromatic rings. The third kappa shape index (κ3) is 4.89. The molecule has 0 aliphatic carbocycles. The average Bonchev–Trinajstić information content (AvgIpc) is 3.01. The lowest BCUT2D eigenvalue weighted by atomic mass is 9.98. The zero-order valence-corrected chi connectivity index (χ0v) is 14.6. The number of aromatic nitrogens is 1. The molecule has 2 rings (SSSR count). The summed E-state index contributed by atoms with van der Waals surface area (Å²) in [6.07, 6.45) is 0.689. The van der Waals surface area contributed by atoms with E-state index in [4.69, 9.17) is 9.84 Å². The molecule has 0 spiro atoms. The highest BCUT2D eigenvalue weighted by atomic mass is 32.1. The van der Waals surface area contributed by atoms with Crippen LogP contribution in [0.3, 0.4) is 0 Å². The second kappa shape index (κ2) is 8.59. The molecule has 0 aliphatic rings. The summed E-state index contributed by atoms with van der Waals surface area (Å²) in [5.74, 6) is -0.804. The van der Waals surface area contributed by atoms with E-state index in [0.717, 1.165) is 16.3 Å². The normalized spacial score (nSPS) is 11.9. The van der Waals surface area contributed by atoms with Gasteiger partial charge in [0.05, 0.1) is 18.2 Å². The minimum Gasteiger partial charge on any atom is -0.494 e. The molecule has 0 saturated carbocycles. The largest absolute Gasteiger partial charge is 0.494 e. The zero-order valence-electron chi connectivity index (χ0n) is 13.8. The number of carbonyl (C=O) groups is 2. The van der Waals surface area contributed by atoms with Crippen molar-refractivity contribution in [2.45, 2.75) is 33.1 Å². The second-order valence-electron chi connectivity index (χ2n) is 5.46. The van der Waals surface area contributed by atoms with Crippen molar-refractivity contribution in [1.29, 1.82) is 0 Å². The van der Waals surface area contributed by atoms with E-state index in [1.807, 2.05) is 36.6 Å². The van der Waals surface area contributed by atoms with E-state index in [0.29, 0.717) is 18.7 Å². The van der Waals surface area contributed by atoms with E-state index < -0.39 is 11.9 Å². The Morgan fingerprint density at radius 3 is 2.54 bits per heavy atom. The van der Waals surface area contributed by atoms with Crippen LogP contribution in [0.5, 0.6) is 5.75 Å². The number of hydrogen-bond donors (Lipinski definition) is 1. The van der Waals surface area contributed by atoms with Crippen LogP contribution in [-0.4, -0.2) is 28.4 Å². The van der Waals surface area contributed by atoms with Gasteiger partial charge in [-0.3, -0.25) is 9.59 Å². The van der Waals surface area contributed by atoms with Gasteiger partial charge in [0.15, 0.2) is 0 Å². The quantitative estimate of drug-likeness (QED) is 0.746. The van der Waals surface area contributed by atoms with Crippen LogP contribution in [-0.2, 0) is 16.0 Å². The molecule has 0 aliphatic heterocycles. The van der Waals surface area contributed by atoms with Crippen molar-refractivity contribution in [2.75, 3.05) is 6.61 Å². The predicted molar refractivity (Wildman–Crippen MR) is 93.5 cm³/mol. The zero-order chi connectivity index (χ0) is 17.5. The van der Waals surface area contributed by atoms with Gasteiger partial charge in [0.2, 0.25) is 0 Å². The number of rotatable bonds is 9. The minimum atomic E-state index is -0.917. The van der Waals surface area contributed by atoms with Crippen molar-refractivity contribution in [1.82, 2.24) is 4.98 Å². The first-order valence-electron chi connectivity index (χ1n) is 7.95. The molecule has 1 aromatic heterocycles. The average molecular weight is 347 g/mol. The van der Waals surface area contributed by atoms with Gasteiger partial charge in [0.1, 0.15) is 16.5 Å². The summed E-state index contributed by atoms with van der Waals surface area (Å²) < 4.78 is 5.41. The van der Waals surface area contributed by atoms with Gasteiger partial charge in [-0.15, -0.1) is 11.3 Å². The van der Waals surface area contributed by atoms with Crippen molar-refractivity contribution in [3.8, 4) is 16.3 Å². The lowest BCUT2D eigenvalue weighted by molar-refractivity contribution is -0.143. The van der Waals surface area contributed by atoms with Gasteiger partial charge in [-0.2, -0.15) is 0 Å². The van der Waals surface area contributed by atoms with Gasteiger partial charge in [-0.05, 0) is 37.6 Å². The fraction of sp³-hybridized carbons (Fsp3) is 0.389. The van der Waals surface area contributed by atoms with E-state index in [1.54, 1.807) is 6.92 Å². The SMILES string of the molecule is CCOc1ccc(-c2nc(CC(=O)CC(CC)C(=O)O)cs2)cc1. The Morgan fingerprint density at radius 2 is 1.96 bits per heavy atom. The lowest BCUT2D eigenvalue weighted by Gasteiger charge is -2.07. The van der Waals surface area contributed by atoms with Crippen LogP contribution >= 0.6 is 11.3 Å². The Hall–Kier alpha value is -2.21. The van der Waals surface area contributed by atoms with E-state index in [2.05, 4.69) is 4.98 Å². The molecule has 0 radical (unpaired) electrons. The highest BCUT2D eigenvalue weighted by molar-refractivity contribution is 7.13. The molecule has 0 amide bonds. The summed E-state index contributed by atoms with van der Waals surface area (Å²) in [5.41, 5.74) is 1.66. The van der Waals surface area contributed by atoms with Crippen molar-refractivity contribution in [3.05, 3.63) is 35.3 Å². The van der Waals surface area contributed by atoms with Gasteiger partial charge in [0, 0.05) is 23.8 Å². The fourth-order valence-electron chi connectivity index (χ4n) is 2.34. The number of ketones is 1. The van der Waals surface area contributed by atoms with Crippen molar-refractivity contribution < 1.29 is 19.4 Å². The molecule has 24 heavy (non-hydrogen) atoms. The maximum absolute atomic E-state index is 12.0. The maximum Gasteiger partial charge on any atom is 0.306 e. The minimum absolute atomic E-state index is 0.0573. The molecule has 1 atom stereocenters. The van der Waals surface area contributed by atoms with E-state index >= 15 is 0 Å². The van der Waals surface area contributed by atoms with Crippen LogP contribution in [0.25, 0.3) is 10.6 Å². The van der Waals surface area contributed by atoms with Crippen LogP contribution in [0.4, 0.5) is 0 Å². The third-order valence-electron chi connectivity index (χ3n) is 3.66. The fourth-order valence-corrected chi connectivity index (χ4v) is 3.16. The summed E-state index contributed by atoms with van der Waals surface area (Å²) in [7, 11) is 0. The first-order valence-corrected chi connectivity index (χ1v) is 8.83. The van der Waals surface area contributed by atoms with E-state index in [9.17, 15) is 9.59 Å². The molecule has 1 heterocycles. The number of ether oxygens (including phenoxy) is 1. The Labute approximate surface area is 145 Å². The van der Waals surface area contributed by atoms with E-state index in [-0.39, 0.29) is 18.6 Å². The van der Waals surface area contributed by atoms with Crippen LogP contribution in [0.1, 0.15) is 32.4 Å². The Bertz CT molecular complexity index is 693. The van der Waals surface area contributed by atoms with Crippen LogP contribution < -0.4 is 4.74 Å². The first kappa shape index (κ1) is 18.1. The van der Waals surface area contributed by atoms with Crippen LogP contribution in [0.2, 0.25) is 0 Å². The Kier molecular flexibility index (Phi) is 6.49. The Morgan fingerprint density at radius 1 is 1.25 bits per heavy atom. The molecule has 0 fully saturated rings. The molecule has 6 heteroatoms. The smallest absolute Gasteiger partial charge is 0.306 e. The molecule has 0 bridgehead atoms. The number of hydrogen-bond acceptors (Lipinski definition) is 5. The van der Waals surface area contributed by atoms with Crippen molar-refractivity contribution >= 4 is 23.1 Å². The van der Waals surface area contributed by atoms with Crippen LogP contribution in [0, 0.1) is 5.92 Å².